The van der Waals surface area contributed by atoms with Gasteiger partial charge in [0.15, 0.2) is 6.61 Å². The van der Waals surface area contributed by atoms with Crippen molar-refractivity contribution in [2.75, 3.05) is 18.5 Å². The fraction of sp³-hybridized carbons (Fsp3) is 0.263. The molecule has 2 rings (SSSR count). The number of carbonyl (C=O) groups is 2. The van der Waals surface area contributed by atoms with Crippen molar-refractivity contribution in [1.29, 1.82) is 0 Å². The first-order chi connectivity index (χ1) is 12.0. The van der Waals surface area contributed by atoms with E-state index in [9.17, 15) is 14.0 Å². The Balaban J connectivity index is 1.97. The third kappa shape index (κ3) is 5.91. The van der Waals surface area contributed by atoms with Crippen molar-refractivity contribution in [1.82, 2.24) is 5.32 Å². The second-order valence-electron chi connectivity index (χ2n) is 5.94. The molecular formula is C19H21FN2O3. The molecule has 5 nitrogen and oxygen atoms in total. The molecule has 0 fully saturated rings. The number of halogens is 1. The van der Waals surface area contributed by atoms with E-state index in [0.717, 1.165) is 0 Å². The average Bonchev–Trinajstić information content (AvgIpc) is 2.58. The molecule has 25 heavy (non-hydrogen) atoms. The topological polar surface area (TPSA) is 67.4 Å². The van der Waals surface area contributed by atoms with E-state index >= 15 is 0 Å². The van der Waals surface area contributed by atoms with Crippen molar-refractivity contribution in [2.24, 2.45) is 5.92 Å². The van der Waals surface area contributed by atoms with Crippen molar-refractivity contribution in [3.05, 3.63) is 59.9 Å². The van der Waals surface area contributed by atoms with Gasteiger partial charge in [0.05, 0.1) is 11.3 Å². The molecule has 2 aromatic carbocycles. The number of hydrogen-bond donors (Lipinski definition) is 2. The minimum absolute atomic E-state index is 0.254. The molecule has 2 amide bonds. The molecule has 0 aromatic heterocycles. The van der Waals surface area contributed by atoms with Gasteiger partial charge in [0.1, 0.15) is 11.6 Å². The molecule has 0 saturated carbocycles. The number of hydrogen-bond acceptors (Lipinski definition) is 3. The van der Waals surface area contributed by atoms with Gasteiger partial charge in [-0.3, -0.25) is 9.59 Å². The molecule has 2 N–H and O–H groups in total. The van der Waals surface area contributed by atoms with Crippen molar-refractivity contribution in [3.8, 4) is 5.75 Å². The highest BCUT2D eigenvalue weighted by Gasteiger charge is 2.13. The van der Waals surface area contributed by atoms with Gasteiger partial charge in [-0.25, -0.2) is 4.39 Å². The van der Waals surface area contributed by atoms with Crippen LogP contribution in [-0.4, -0.2) is 25.0 Å². The van der Waals surface area contributed by atoms with E-state index in [1.165, 1.54) is 18.2 Å². The molecule has 0 saturated heterocycles. The third-order valence-corrected chi connectivity index (χ3v) is 3.28. The zero-order chi connectivity index (χ0) is 18.2. The molecule has 0 radical (unpaired) electrons. The number of ether oxygens (including phenoxy) is 1. The van der Waals surface area contributed by atoms with Crippen molar-refractivity contribution in [3.63, 3.8) is 0 Å². The lowest BCUT2D eigenvalue weighted by molar-refractivity contribution is -0.118. The molecule has 0 aliphatic rings. The van der Waals surface area contributed by atoms with E-state index in [0.29, 0.717) is 23.7 Å². The Morgan fingerprint density at radius 3 is 2.60 bits per heavy atom. The summed E-state index contributed by atoms with van der Waals surface area (Å²) in [5.74, 6) is -0.544. The summed E-state index contributed by atoms with van der Waals surface area (Å²) in [5, 5.41) is 5.46. The van der Waals surface area contributed by atoms with Gasteiger partial charge in [-0.1, -0.05) is 32.0 Å². The van der Waals surface area contributed by atoms with Crippen LogP contribution in [0.2, 0.25) is 0 Å². The van der Waals surface area contributed by atoms with Gasteiger partial charge in [0.25, 0.3) is 11.8 Å². The summed E-state index contributed by atoms with van der Waals surface area (Å²) in [6.45, 7) is 4.25. The van der Waals surface area contributed by atoms with E-state index in [-0.39, 0.29) is 18.3 Å². The fourth-order valence-electron chi connectivity index (χ4n) is 2.07. The quantitative estimate of drug-likeness (QED) is 0.810. The van der Waals surface area contributed by atoms with Crippen LogP contribution in [0.1, 0.15) is 24.2 Å². The van der Waals surface area contributed by atoms with Gasteiger partial charge in [0.2, 0.25) is 0 Å². The SMILES string of the molecule is CC(C)CNC(=O)c1ccccc1NC(=O)COc1cccc(F)c1. The summed E-state index contributed by atoms with van der Waals surface area (Å²) >= 11 is 0. The Labute approximate surface area is 146 Å². The number of anilines is 1. The van der Waals surface area contributed by atoms with Gasteiger partial charge in [-0.2, -0.15) is 0 Å². The van der Waals surface area contributed by atoms with Gasteiger partial charge in [-0.05, 0) is 30.2 Å². The number of nitrogens with one attached hydrogen (secondary N) is 2. The summed E-state index contributed by atoms with van der Waals surface area (Å²) in [6.07, 6.45) is 0. The first-order valence-electron chi connectivity index (χ1n) is 8.01. The zero-order valence-electron chi connectivity index (χ0n) is 14.2. The monoisotopic (exact) mass is 344 g/mol. The first-order valence-corrected chi connectivity index (χ1v) is 8.01. The summed E-state index contributed by atoms with van der Waals surface area (Å²) < 4.78 is 18.3. The molecule has 0 unspecified atom stereocenters. The smallest absolute Gasteiger partial charge is 0.262 e. The van der Waals surface area contributed by atoms with Gasteiger partial charge < -0.3 is 15.4 Å². The maximum absolute atomic E-state index is 13.1. The van der Waals surface area contributed by atoms with E-state index in [2.05, 4.69) is 10.6 Å². The lowest BCUT2D eigenvalue weighted by atomic mass is 10.1. The molecule has 132 valence electrons. The summed E-state index contributed by atoms with van der Waals surface area (Å²) in [6, 6.07) is 12.3. The van der Waals surface area contributed by atoms with E-state index < -0.39 is 11.7 Å². The highest BCUT2D eigenvalue weighted by atomic mass is 19.1. The van der Waals surface area contributed by atoms with E-state index in [1.807, 2.05) is 13.8 Å². The maximum atomic E-state index is 13.1. The second kappa shape index (κ2) is 8.82. The number of para-hydroxylation sites is 1. The van der Waals surface area contributed by atoms with Crippen LogP contribution in [0.3, 0.4) is 0 Å². The van der Waals surface area contributed by atoms with Crippen LogP contribution >= 0.6 is 0 Å². The highest BCUT2D eigenvalue weighted by Crippen LogP contribution is 2.16. The Kier molecular flexibility index (Phi) is 6.51. The van der Waals surface area contributed by atoms with Crippen LogP contribution in [-0.2, 0) is 4.79 Å². The molecule has 0 heterocycles. The maximum Gasteiger partial charge on any atom is 0.262 e. The minimum atomic E-state index is -0.440. The summed E-state index contributed by atoms with van der Waals surface area (Å²) in [5.41, 5.74) is 0.777. The number of benzene rings is 2. The Hall–Kier alpha value is -2.89. The Morgan fingerprint density at radius 1 is 1.12 bits per heavy atom. The number of rotatable bonds is 7. The van der Waals surface area contributed by atoms with Gasteiger partial charge in [0, 0.05) is 12.6 Å². The lowest BCUT2D eigenvalue weighted by Gasteiger charge is -2.13. The van der Waals surface area contributed by atoms with Crippen molar-refractivity contribution < 1.29 is 18.7 Å². The molecule has 0 aliphatic carbocycles. The summed E-state index contributed by atoms with van der Waals surface area (Å²) in [4.78, 5) is 24.3. The van der Waals surface area contributed by atoms with Crippen molar-refractivity contribution in [2.45, 2.75) is 13.8 Å². The summed E-state index contributed by atoms with van der Waals surface area (Å²) in [7, 11) is 0. The van der Waals surface area contributed by atoms with Crippen LogP contribution in [0.4, 0.5) is 10.1 Å². The van der Waals surface area contributed by atoms with Gasteiger partial charge >= 0.3 is 0 Å². The molecule has 0 bridgehead atoms. The lowest BCUT2D eigenvalue weighted by Crippen LogP contribution is -2.29. The van der Waals surface area contributed by atoms with Crippen LogP contribution in [0, 0.1) is 11.7 Å². The molecule has 6 heteroatoms. The fourth-order valence-corrected chi connectivity index (χ4v) is 2.07. The second-order valence-corrected chi connectivity index (χ2v) is 5.94. The van der Waals surface area contributed by atoms with Crippen LogP contribution < -0.4 is 15.4 Å². The normalized spacial score (nSPS) is 10.4. The zero-order valence-corrected chi connectivity index (χ0v) is 14.2. The predicted molar refractivity (Wildman–Crippen MR) is 94.1 cm³/mol. The minimum Gasteiger partial charge on any atom is -0.484 e. The van der Waals surface area contributed by atoms with E-state index in [1.54, 1.807) is 30.3 Å². The molecule has 0 spiro atoms. The number of amides is 2. The molecule has 0 aliphatic heterocycles. The van der Waals surface area contributed by atoms with Crippen LogP contribution in [0.15, 0.2) is 48.5 Å². The van der Waals surface area contributed by atoms with Gasteiger partial charge in [-0.15, -0.1) is 0 Å². The largest absolute Gasteiger partial charge is 0.484 e. The van der Waals surface area contributed by atoms with Crippen LogP contribution in [0.5, 0.6) is 5.75 Å². The standard InChI is InChI=1S/C19H21FN2O3/c1-13(2)11-21-19(24)16-8-3-4-9-17(16)22-18(23)12-25-15-7-5-6-14(20)10-15/h3-10,13H,11-12H2,1-2H3,(H,21,24)(H,22,23). The first kappa shape index (κ1) is 18.4. The average molecular weight is 344 g/mol. The molecular weight excluding hydrogens is 323 g/mol. The molecule has 2 aromatic rings. The third-order valence-electron chi connectivity index (χ3n) is 3.28. The highest BCUT2D eigenvalue weighted by molar-refractivity contribution is 6.04. The Morgan fingerprint density at radius 2 is 1.88 bits per heavy atom. The Bertz CT molecular complexity index is 747. The van der Waals surface area contributed by atoms with Crippen LogP contribution in [0.25, 0.3) is 0 Å². The number of carbonyl (C=O) groups excluding carboxylic acids is 2. The predicted octanol–water partition coefficient (Wildman–Crippen LogP) is 3.23. The molecule has 0 atom stereocenters. The van der Waals surface area contributed by atoms with Crippen molar-refractivity contribution >= 4 is 17.5 Å². The van der Waals surface area contributed by atoms with E-state index in [4.69, 9.17) is 4.74 Å².